The first-order valence-electron chi connectivity index (χ1n) is 18.4. The molecule has 0 aliphatic carbocycles. The number of anilines is 3. The van der Waals surface area contributed by atoms with Gasteiger partial charge in [-0.05, 0) is 92.2 Å². The van der Waals surface area contributed by atoms with Crippen LogP contribution < -0.4 is 4.90 Å². The lowest BCUT2D eigenvalue weighted by molar-refractivity contribution is 0.669. The molecule has 254 valence electrons. The van der Waals surface area contributed by atoms with Crippen molar-refractivity contribution in [3.63, 3.8) is 0 Å². The SMILES string of the molecule is c1ccc(-c2cccc(-c3ccc(N(c4ccccc4-c4cccc(-c5cccc6ccccc56)c4)c4cccc5c4oc4ccccc45)cc3)c2)cc1. The summed E-state index contributed by atoms with van der Waals surface area (Å²) in [5.74, 6) is 0. The molecule has 1 aromatic heterocycles. The maximum atomic E-state index is 6.68. The number of benzene rings is 9. The van der Waals surface area contributed by atoms with E-state index < -0.39 is 0 Å². The van der Waals surface area contributed by atoms with Gasteiger partial charge in [-0.3, -0.25) is 0 Å². The Bertz CT molecular complexity index is 2930. The highest BCUT2D eigenvalue weighted by molar-refractivity contribution is 6.11. The lowest BCUT2D eigenvalue weighted by Gasteiger charge is -2.28. The molecule has 0 saturated carbocycles. The van der Waals surface area contributed by atoms with Gasteiger partial charge in [-0.15, -0.1) is 0 Å². The number of nitrogens with zero attached hydrogens (tertiary/aromatic N) is 1. The van der Waals surface area contributed by atoms with Gasteiger partial charge in [0.2, 0.25) is 0 Å². The largest absolute Gasteiger partial charge is 0.454 e. The van der Waals surface area contributed by atoms with Crippen LogP contribution in [0.1, 0.15) is 0 Å². The van der Waals surface area contributed by atoms with Gasteiger partial charge in [0.15, 0.2) is 5.58 Å². The number of fused-ring (bicyclic) bond motifs is 4. The Kier molecular flexibility index (Phi) is 7.85. The summed E-state index contributed by atoms with van der Waals surface area (Å²) in [6.07, 6.45) is 0. The van der Waals surface area contributed by atoms with Gasteiger partial charge in [-0.1, -0.05) is 170 Å². The first-order valence-corrected chi connectivity index (χ1v) is 18.4. The number of furan rings is 1. The Morgan fingerprint density at radius 2 is 0.833 bits per heavy atom. The summed E-state index contributed by atoms with van der Waals surface area (Å²) in [6.45, 7) is 0. The van der Waals surface area contributed by atoms with Crippen LogP contribution in [-0.2, 0) is 0 Å². The van der Waals surface area contributed by atoms with E-state index in [-0.39, 0.29) is 0 Å². The summed E-state index contributed by atoms with van der Waals surface area (Å²) in [5, 5.41) is 4.69. The third-order valence-electron chi connectivity index (χ3n) is 10.5. The predicted molar refractivity (Wildman–Crippen MR) is 228 cm³/mol. The zero-order valence-corrected chi connectivity index (χ0v) is 29.6. The topological polar surface area (TPSA) is 16.4 Å². The van der Waals surface area contributed by atoms with E-state index in [0.717, 1.165) is 55.7 Å². The number of para-hydroxylation sites is 3. The normalized spacial score (nSPS) is 11.3. The third kappa shape index (κ3) is 5.62. The minimum Gasteiger partial charge on any atom is -0.454 e. The van der Waals surface area contributed by atoms with Crippen LogP contribution in [-0.4, -0.2) is 0 Å². The van der Waals surface area contributed by atoms with E-state index in [1.54, 1.807) is 0 Å². The second kappa shape index (κ2) is 13.4. The highest BCUT2D eigenvalue weighted by Crippen LogP contribution is 2.46. The summed E-state index contributed by atoms with van der Waals surface area (Å²) in [4.78, 5) is 2.36. The number of hydrogen-bond acceptors (Lipinski definition) is 2. The summed E-state index contributed by atoms with van der Waals surface area (Å²) in [7, 11) is 0. The molecule has 0 bridgehead atoms. The maximum absolute atomic E-state index is 6.68. The Labute approximate surface area is 314 Å². The molecule has 10 rings (SSSR count). The number of rotatable bonds is 7. The fraction of sp³-hybridized carbons (Fsp3) is 0. The van der Waals surface area contributed by atoms with Gasteiger partial charge in [-0.25, -0.2) is 0 Å². The molecule has 0 spiro atoms. The Balaban J connectivity index is 1.13. The van der Waals surface area contributed by atoms with E-state index in [1.165, 1.54) is 38.6 Å². The molecular weight excluding hydrogens is 655 g/mol. The molecule has 10 aromatic rings. The van der Waals surface area contributed by atoms with E-state index in [4.69, 9.17) is 4.42 Å². The van der Waals surface area contributed by atoms with Gasteiger partial charge in [-0.2, -0.15) is 0 Å². The molecule has 0 fully saturated rings. The van der Waals surface area contributed by atoms with Crippen molar-refractivity contribution in [3.8, 4) is 44.5 Å². The molecule has 1 heterocycles. The third-order valence-corrected chi connectivity index (χ3v) is 10.5. The van der Waals surface area contributed by atoms with E-state index in [9.17, 15) is 0 Å². The highest BCUT2D eigenvalue weighted by Gasteiger charge is 2.22. The Hall–Kier alpha value is -7.16. The molecule has 2 nitrogen and oxygen atoms in total. The Morgan fingerprint density at radius 3 is 1.67 bits per heavy atom. The average Bonchev–Trinajstić information content (AvgIpc) is 3.64. The zero-order valence-electron chi connectivity index (χ0n) is 29.6. The second-order valence-electron chi connectivity index (χ2n) is 13.7. The molecular formula is C52H35NO. The van der Waals surface area contributed by atoms with Crippen molar-refractivity contribution in [2.24, 2.45) is 0 Å². The van der Waals surface area contributed by atoms with Crippen LogP contribution in [0.3, 0.4) is 0 Å². The van der Waals surface area contributed by atoms with Gasteiger partial charge in [0, 0.05) is 22.0 Å². The molecule has 0 amide bonds. The van der Waals surface area contributed by atoms with Crippen LogP contribution in [0, 0.1) is 0 Å². The summed E-state index contributed by atoms with van der Waals surface area (Å²) in [5.41, 5.74) is 14.3. The minimum absolute atomic E-state index is 0.859. The standard InChI is InChI=1S/C52H35NO/c1-2-14-36(15-3-1)39-18-10-19-40(34-39)37-30-32-43(33-31-37)53(50-28-13-26-48-47-24-7-9-29-51(47)54-52(48)50)49-27-8-6-23-46(49)42-21-11-20-41(35-42)45-25-12-17-38-16-4-5-22-44(38)45/h1-35H. The van der Waals surface area contributed by atoms with Crippen molar-refractivity contribution in [3.05, 3.63) is 212 Å². The van der Waals surface area contributed by atoms with Crippen molar-refractivity contribution in [1.29, 1.82) is 0 Å². The average molecular weight is 690 g/mol. The van der Waals surface area contributed by atoms with Gasteiger partial charge >= 0.3 is 0 Å². The Morgan fingerprint density at radius 1 is 0.315 bits per heavy atom. The molecule has 0 radical (unpaired) electrons. The van der Waals surface area contributed by atoms with Crippen LogP contribution in [0.15, 0.2) is 217 Å². The van der Waals surface area contributed by atoms with Crippen molar-refractivity contribution in [1.82, 2.24) is 0 Å². The highest BCUT2D eigenvalue weighted by atomic mass is 16.3. The molecule has 0 atom stereocenters. The maximum Gasteiger partial charge on any atom is 0.159 e. The van der Waals surface area contributed by atoms with E-state index >= 15 is 0 Å². The lowest BCUT2D eigenvalue weighted by Crippen LogP contribution is -2.11. The fourth-order valence-corrected chi connectivity index (χ4v) is 7.87. The van der Waals surface area contributed by atoms with Crippen LogP contribution in [0.2, 0.25) is 0 Å². The molecule has 0 aliphatic heterocycles. The molecule has 54 heavy (non-hydrogen) atoms. The molecule has 0 saturated heterocycles. The van der Waals surface area contributed by atoms with Gasteiger partial charge in [0.05, 0.1) is 11.4 Å². The summed E-state index contributed by atoms with van der Waals surface area (Å²) >= 11 is 0. The summed E-state index contributed by atoms with van der Waals surface area (Å²) < 4.78 is 6.68. The molecule has 9 aromatic carbocycles. The van der Waals surface area contributed by atoms with Crippen molar-refractivity contribution >= 4 is 49.8 Å². The molecule has 0 unspecified atom stereocenters. The fourth-order valence-electron chi connectivity index (χ4n) is 7.87. The first-order chi connectivity index (χ1) is 26.8. The van der Waals surface area contributed by atoms with Crippen LogP contribution in [0.4, 0.5) is 17.1 Å². The first kappa shape index (κ1) is 31.6. The van der Waals surface area contributed by atoms with Crippen LogP contribution in [0.25, 0.3) is 77.2 Å². The van der Waals surface area contributed by atoms with E-state index in [1.807, 2.05) is 6.07 Å². The second-order valence-corrected chi connectivity index (χ2v) is 13.7. The van der Waals surface area contributed by atoms with Gasteiger partial charge in [0.25, 0.3) is 0 Å². The van der Waals surface area contributed by atoms with E-state index in [2.05, 4.69) is 211 Å². The lowest BCUT2D eigenvalue weighted by atomic mass is 9.94. The van der Waals surface area contributed by atoms with Crippen molar-refractivity contribution in [2.45, 2.75) is 0 Å². The molecule has 0 N–H and O–H groups in total. The van der Waals surface area contributed by atoms with Gasteiger partial charge < -0.3 is 9.32 Å². The van der Waals surface area contributed by atoms with Gasteiger partial charge in [0.1, 0.15) is 5.58 Å². The number of hydrogen-bond donors (Lipinski definition) is 0. The summed E-state index contributed by atoms with van der Waals surface area (Å²) in [6, 6.07) is 75.8. The molecule has 2 heteroatoms. The zero-order chi connectivity index (χ0) is 35.8. The van der Waals surface area contributed by atoms with Crippen molar-refractivity contribution in [2.75, 3.05) is 4.90 Å². The van der Waals surface area contributed by atoms with Crippen molar-refractivity contribution < 1.29 is 4.42 Å². The van der Waals surface area contributed by atoms with E-state index in [0.29, 0.717) is 0 Å². The monoisotopic (exact) mass is 689 g/mol. The molecule has 0 aliphatic rings. The quantitative estimate of drug-likeness (QED) is 0.166. The van der Waals surface area contributed by atoms with Crippen LogP contribution >= 0.6 is 0 Å². The minimum atomic E-state index is 0.859. The predicted octanol–water partition coefficient (Wildman–Crippen LogP) is 14.9. The van der Waals surface area contributed by atoms with Crippen LogP contribution in [0.5, 0.6) is 0 Å². The smallest absolute Gasteiger partial charge is 0.159 e.